The van der Waals surface area contributed by atoms with Gasteiger partial charge in [0.05, 0.1) is 17.1 Å². The van der Waals surface area contributed by atoms with E-state index in [1.807, 2.05) is 12.1 Å². The van der Waals surface area contributed by atoms with Gasteiger partial charge in [-0.2, -0.15) is 0 Å². The molecule has 4 aromatic rings. The highest BCUT2D eigenvalue weighted by Gasteiger charge is 2.19. The first-order chi connectivity index (χ1) is 15.0. The quantitative estimate of drug-likeness (QED) is 0.341. The van der Waals surface area contributed by atoms with Crippen LogP contribution in [0.5, 0.6) is 11.5 Å². The molecule has 0 atom stereocenters. The number of rotatable bonds is 6. The van der Waals surface area contributed by atoms with Crippen molar-refractivity contribution in [2.45, 2.75) is 6.92 Å². The van der Waals surface area contributed by atoms with Crippen LogP contribution in [0.1, 0.15) is 17.3 Å². The van der Waals surface area contributed by atoms with Crippen LogP contribution in [0.15, 0.2) is 65.1 Å². The Balaban J connectivity index is 1.57. The molecule has 3 aromatic carbocycles. The second-order valence-electron chi connectivity index (χ2n) is 6.55. The van der Waals surface area contributed by atoms with Crippen molar-refractivity contribution < 1.29 is 24.0 Å². The average molecular weight is 419 g/mol. The van der Waals surface area contributed by atoms with Gasteiger partial charge in [0, 0.05) is 23.4 Å². The zero-order chi connectivity index (χ0) is 22.0. The first-order valence-electron chi connectivity index (χ1n) is 9.38. The molecule has 0 fully saturated rings. The van der Waals surface area contributed by atoms with Gasteiger partial charge < -0.3 is 19.6 Å². The van der Waals surface area contributed by atoms with Crippen LogP contribution in [-0.4, -0.2) is 27.5 Å². The number of ether oxygens (including phenoxy) is 1. The van der Waals surface area contributed by atoms with Crippen LogP contribution in [0.25, 0.3) is 22.6 Å². The van der Waals surface area contributed by atoms with E-state index in [2.05, 4.69) is 10.3 Å². The molecular weight excluding hydrogens is 402 g/mol. The Morgan fingerprint density at radius 3 is 2.71 bits per heavy atom. The van der Waals surface area contributed by atoms with Gasteiger partial charge in [0.25, 0.3) is 5.91 Å². The smallest absolute Gasteiger partial charge is 0.311 e. The standard InChI is InChI=1S/C22H17N3O6/c1-2-30-20-10-7-13(11-17(20)25(28)29)21(27)23-14-8-9-15(18(26)12-14)22-24-16-5-3-4-6-19(16)31-22/h3-12,26H,2H2,1H3,(H,23,27). The van der Waals surface area contributed by atoms with Crippen molar-refractivity contribution in [3.63, 3.8) is 0 Å². The van der Waals surface area contributed by atoms with Crippen molar-refractivity contribution in [2.24, 2.45) is 0 Å². The third-order valence-corrected chi connectivity index (χ3v) is 4.50. The fourth-order valence-corrected chi connectivity index (χ4v) is 3.06. The number of nitrogens with zero attached hydrogens (tertiary/aromatic N) is 2. The number of carbonyl (C=O) groups excluding carboxylic acids is 1. The Morgan fingerprint density at radius 2 is 2.00 bits per heavy atom. The Morgan fingerprint density at radius 1 is 1.19 bits per heavy atom. The van der Waals surface area contributed by atoms with E-state index < -0.39 is 10.8 Å². The van der Waals surface area contributed by atoms with E-state index in [0.717, 1.165) is 6.07 Å². The predicted molar refractivity (Wildman–Crippen MR) is 113 cm³/mol. The first kappa shape index (κ1) is 19.9. The number of hydrogen-bond donors (Lipinski definition) is 2. The Bertz CT molecular complexity index is 1260. The number of para-hydroxylation sites is 2. The molecule has 0 unspecified atom stereocenters. The summed E-state index contributed by atoms with van der Waals surface area (Å²) in [6, 6.07) is 15.7. The van der Waals surface area contributed by atoms with Crippen molar-refractivity contribution in [3.8, 4) is 23.0 Å². The number of fused-ring (bicyclic) bond motifs is 1. The molecular formula is C22H17N3O6. The molecule has 0 aliphatic rings. The third-order valence-electron chi connectivity index (χ3n) is 4.50. The highest BCUT2D eigenvalue weighted by Crippen LogP contribution is 2.33. The van der Waals surface area contributed by atoms with Gasteiger partial charge in [-0.1, -0.05) is 12.1 Å². The zero-order valence-corrected chi connectivity index (χ0v) is 16.4. The Labute approximate surface area is 176 Å². The molecule has 1 aromatic heterocycles. The number of phenolic OH excluding ortho intramolecular Hbond substituents is 1. The lowest BCUT2D eigenvalue weighted by Gasteiger charge is -2.09. The van der Waals surface area contributed by atoms with Crippen molar-refractivity contribution >= 4 is 28.4 Å². The summed E-state index contributed by atoms with van der Waals surface area (Å²) in [6.07, 6.45) is 0. The van der Waals surface area contributed by atoms with Gasteiger partial charge in [-0.3, -0.25) is 14.9 Å². The lowest BCUT2D eigenvalue weighted by atomic mass is 10.1. The van der Waals surface area contributed by atoms with Crippen LogP contribution in [0, 0.1) is 10.1 Å². The summed E-state index contributed by atoms with van der Waals surface area (Å²) >= 11 is 0. The van der Waals surface area contributed by atoms with E-state index in [4.69, 9.17) is 9.15 Å². The summed E-state index contributed by atoms with van der Waals surface area (Å²) in [7, 11) is 0. The minimum atomic E-state index is -0.608. The van der Waals surface area contributed by atoms with Crippen molar-refractivity contribution in [1.29, 1.82) is 0 Å². The fraction of sp³-hybridized carbons (Fsp3) is 0.0909. The number of aromatic hydroxyl groups is 1. The number of anilines is 1. The van der Waals surface area contributed by atoms with Gasteiger partial charge >= 0.3 is 5.69 Å². The molecule has 156 valence electrons. The molecule has 0 spiro atoms. The highest BCUT2D eigenvalue weighted by atomic mass is 16.6. The summed E-state index contributed by atoms with van der Waals surface area (Å²) in [6.45, 7) is 1.97. The SMILES string of the molecule is CCOc1ccc(C(=O)Nc2ccc(-c3nc4ccccc4o3)c(O)c2)cc1[N+](=O)[O-]. The number of carbonyl (C=O) groups is 1. The number of amides is 1. The molecule has 4 rings (SSSR count). The second kappa shape index (κ2) is 8.15. The number of aromatic nitrogens is 1. The third kappa shape index (κ3) is 4.01. The number of nitro groups is 1. The summed E-state index contributed by atoms with van der Waals surface area (Å²) in [5, 5.41) is 24.3. The minimum absolute atomic E-state index is 0.0812. The molecule has 0 radical (unpaired) electrons. The lowest BCUT2D eigenvalue weighted by molar-refractivity contribution is -0.385. The minimum Gasteiger partial charge on any atom is -0.507 e. The van der Waals surface area contributed by atoms with Crippen molar-refractivity contribution in [3.05, 3.63) is 76.3 Å². The molecule has 0 saturated heterocycles. The lowest BCUT2D eigenvalue weighted by Crippen LogP contribution is -2.12. The summed E-state index contributed by atoms with van der Waals surface area (Å²) in [4.78, 5) is 27.5. The van der Waals surface area contributed by atoms with Crippen LogP contribution < -0.4 is 10.1 Å². The van der Waals surface area contributed by atoms with E-state index in [1.165, 1.54) is 18.2 Å². The Hall–Kier alpha value is -4.40. The highest BCUT2D eigenvalue weighted by molar-refractivity contribution is 6.05. The normalized spacial score (nSPS) is 10.7. The number of nitrogens with one attached hydrogen (secondary N) is 1. The maximum absolute atomic E-state index is 12.6. The predicted octanol–water partition coefficient (Wildman–Crippen LogP) is 4.76. The summed E-state index contributed by atoms with van der Waals surface area (Å²) in [5.41, 5.74) is 1.70. The van der Waals surface area contributed by atoms with Crippen LogP contribution in [-0.2, 0) is 0 Å². The van der Waals surface area contributed by atoms with Gasteiger partial charge in [-0.25, -0.2) is 4.98 Å². The average Bonchev–Trinajstić information content (AvgIpc) is 3.18. The molecule has 31 heavy (non-hydrogen) atoms. The molecule has 1 heterocycles. The van der Waals surface area contributed by atoms with Crippen LogP contribution in [0.2, 0.25) is 0 Å². The van der Waals surface area contributed by atoms with Gasteiger partial charge in [-0.15, -0.1) is 0 Å². The molecule has 2 N–H and O–H groups in total. The largest absolute Gasteiger partial charge is 0.507 e. The number of phenols is 1. The first-order valence-corrected chi connectivity index (χ1v) is 9.38. The summed E-state index contributed by atoms with van der Waals surface area (Å²) in [5.74, 6) is -0.370. The van der Waals surface area contributed by atoms with Crippen molar-refractivity contribution in [1.82, 2.24) is 4.98 Å². The van der Waals surface area contributed by atoms with E-state index >= 15 is 0 Å². The van der Waals surface area contributed by atoms with Gasteiger partial charge in [-0.05, 0) is 43.3 Å². The number of oxazole rings is 1. The number of nitro benzene ring substituents is 1. The molecule has 0 aliphatic carbocycles. The van der Waals surface area contributed by atoms with Crippen LogP contribution >= 0.6 is 0 Å². The van der Waals surface area contributed by atoms with Crippen LogP contribution in [0.4, 0.5) is 11.4 Å². The van der Waals surface area contributed by atoms with Gasteiger partial charge in [0.15, 0.2) is 11.3 Å². The molecule has 0 bridgehead atoms. The van der Waals surface area contributed by atoms with Crippen molar-refractivity contribution in [2.75, 3.05) is 11.9 Å². The Kier molecular flexibility index (Phi) is 5.23. The molecule has 9 heteroatoms. The fourth-order valence-electron chi connectivity index (χ4n) is 3.06. The van der Waals surface area contributed by atoms with E-state index in [0.29, 0.717) is 22.4 Å². The maximum Gasteiger partial charge on any atom is 0.311 e. The van der Waals surface area contributed by atoms with Crippen LogP contribution in [0.3, 0.4) is 0 Å². The maximum atomic E-state index is 12.6. The van der Waals surface area contributed by atoms with E-state index in [1.54, 1.807) is 31.2 Å². The monoisotopic (exact) mass is 419 g/mol. The summed E-state index contributed by atoms with van der Waals surface area (Å²) < 4.78 is 10.9. The molecule has 0 aliphatic heterocycles. The number of benzene rings is 3. The van der Waals surface area contributed by atoms with Gasteiger partial charge in [0.2, 0.25) is 5.89 Å². The molecule has 9 nitrogen and oxygen atoms in total. The second-order valence-corrected chi connectivity index (χ2v) is 6.55. The zero-order valence-electron chi connectivity index (χ0n) is 16.4. The van der Waals surface area contributed by atoms with Gasteiger partial charge in [0.1, 0.15) is 11.3 Å². The topological polar surface area (TPSA) is 128 Å². The van der Waals surface area contributed by atoms with E-state index in [9.17, 15) is 20.0 Å². The van der Waals surface area contributed by atoms with E-state index in [-0.39, 0.29) is 35.2 Å². The molecule has 0 saturated carbocycles. The molecule has 1 amide bonds. The number of hydrogen-bond acceptors (Lipinski definition) is 7.